The minimum atomic E-state index is -0.943. The normalized spacial score (nSPS) is 16.1. The first-order valence-corrected chi connectivity index (χ1v) is 6.14. The van der Waals surface area contributed by atoms with Crippen LogP contribution in [0, 0.1) is 11.3 Å². The highest BCUT2D eigenvalue weighted by molar-refractivity contribution is 5.68. The van der Waals surface area contributed by atoms with Crippen molar-refractivity contribution in [3.63, 3.8) is 0 Å². The lowest BCUT2D eigenvalue weighted by Gasteiger charge is -2.33. The fourth-order valence-electron chi connectivity index (χ4n) is 2.19. The van der Waals surface area contributed by atoms with E-state index in [1.807, 2.05) is 12.1 Å². The number of hydrogen-bond donors (Lipinski definition) is 1. The first-order chi connectivity index (χ1) is 9.20. The van der Waals surface area contributed by atoms with Crippen LogP contribution in [-0.2, 0) is 9.53 Å². The Kier molecular flexibility index (Phi) is 4.31. The van der Waals surface area contributed by atoms with Gasteiger partial charge in [0.15, 0.2) is 5.69 Å². The van der Waals surface area contributed by atoms with Crippen LogP contribution in [-0.4, -0.2) is 41.9 Å². The summed E-state index contributed by atoms with van der Waals surface area (Å²) in [5.41, 5.74) is 1.26. The van der Waals surface area contributed by atoms with Crippen molar-refractivity contribution in [1.82, 2.24) is 4.98 Å². The van der Waals surface area contributed by atoms with E-state index in [-0.39, 0.29) is 12.7 Å². The van der Waals surface area contributed by atoms with Gasteiger partial charge in [0.05, 0.1) is 11.8 Å². The zero-order chi connectivity index (χ0) is 13.7. The summed E-state index contributed by atoms with van der Waals surface area (Å²) in [7, 11) is 0. The predicted octanol–water partition coefficient (Wildman–Crippen LogP) is 1.02. The molecule has 0 spiro atoms. The molecule has 2 rings (SSSR count). The molecule has 6 heteroatoms. The molecule has 1 N–H and O–H groups in total. The van der Waals surface area contributed by atoms with Crippen LogP contribution >= 0.6 is 0 Å². The first-order valence-electron chi connectivity index (χ1n) is 6.14. The Balaban J connectivity index is 1.93. The Bertz CT molecular complexity index is 490. The molecule has 1 fully saturated rings. The van der Waals surface area contributed by atoms with Crippen LogP contribution < -0.4 is 4.90 Å². The molecule has 0 atom stereocenters. The van der Waals surface area contributed by atoms with Gasteiger partial charge in [-0.3, -0.25) is 0 Å². The zero-order valence-corrected chi connectivity index (χ0v) is 10.5. The van der Waals surface area contributed by atoms with E-state index in [1.54, 1.807) is 6.20 Å². The Morgan fingerprint density at radius 2 is 2.32 bits per heavy atom. The fraction of sp³-hybridized carbons (Fsp3) is 0.462. The van der Waals surface area contributed by atoms with Crippen LogP contribution in [0.25, 0.3) is 0 Å². The number of pyridine rings is 1. The fourth-order valence-corrected chi connectivity index (χ4v) is 2.19. The van der Waals surface area contributed by atoms with E-state index < -0.39 is 5.97 Å². The minimum absolute atomic E-state index is 0.0189. The lowest BCUT2D eigenvalue weighted by Crippen LogP contribution is -2.38. The molecule has 0 radical (unpaired) electrons. The van der Waals surface area contributed by atoms with Gasteiger partial charge in [-0.2, -0.15) is 5.26 Å². The molecule has 1 aromatic heterocycles. The summed E-state index contributed by atoms with van der Waals surface area (Å²) in [4.78, 5) is 16.6. The Labute approximate surface area is 111 Å². The van der Waals surface area contributed by atoms with E-state index in [1.165, 1.54) is 0 Å². The smallest absolute Gasteiger partial charge is 0.329 e. The quantitative estimate of drug-likeness (QED) is 0.870. The Hall–Kier alpha value is -2.13. The van der Waals surface area contributed by atoms with Gasteiger partial charge in [-0.05, 0) is 25.0 Å². The summed E-state index contributed by atoms with van der Waals surface area (Å²) < 4.78 is 5.28. The van der Waals surface area contributed by atoms with Gasteiger partial charge in [0.25, 0.3) is 0 Å². The van der Waals surface area contributed by atoms with Gasteiger partial charge in [0.1, 0.15) is 12.7 Å². The Morgan fingerprint density at radius 1 is 1.58 bits per heavy atom. The number of aromatic nitrogens is 1. The zero-order valence-electron chi connectivity index (χ0n) is 10.5. The molecule has 0 unspecified atom stereocenters. The lowest BCUT2D eigenvalue weighted by molar-refractivity contribution is -0.144. The number of nitriles is 1. The number of carbonyl (C=O) groups is 1. The molecule has 0 bridgehead atoms. The Morgan fingerprint density at radius 3 is 2.95 bits per heavy atom. The van der Waals surface area contributed by atoms with Crippen LogP contribution in [0.4, 0.5) is 5.69 Å². The molecule has 0 aromatic carbocycles. The molecule has 6 nitrogen and oxygen atoms in total. The van der Waals surface area contributed by atoms with Crippen molar-refractivity contribution >= 4 is 11.7 Å². The number of carboxylic acids is 1. The average Bonchev–Trinajstić information content (AvgIpc) is 2.45. The summed E-state index contributed by atoms with van der Waals surface area (Å²) in [6.07, 6.45) is 3.10. The van der Waals surface area contributed by atoms with E-state index >= 15 is 0 Å². The van der Waals surface area contributed by atoms with Gasteiger partial charge in [-0.1, -0.05) is 0 Å². The number of aliphatic carboxylic acids is 1. The van der Waals surface area contributed by atoms with Crippen molar-refractivity contribution in [2.24, 2.45) is 0 Å². The van der Waals surface area contributed by atoms with Crippen molar-refractivity contribution in [1.29, 1.82) is 5.26 Å². The van der Waals surface area contributed by atoms with E-state index in [0.717, 1.165) is 31.6 Å². The molecule has 100 valence electrons. The molecule has 1 saturated heterocycles. The maximum Gasteiger partial charge on any atom is 0.329 e. The topological polar surface area (TPSA) is 86.5 Å². The number of carboxylic acid groups (broad SMARTS) is 1. The van der Waals surface area contributed by atoms with Crippen LogP contribution in [0.1, 0.15) is 18.5 Å². The number of rotatable bonds is 4. The molecule has 0 amide bonds. The van der Waals surface area contributed by atoms with Crippen molar-refractivity contribution in [2.45, 2.75) is 18.9 Å². The number of anilines is 1. The second-order valence-corrected chi connectivity index (χ2v) is 4.37. The number of hydrogen-bond acceptors (Lipinski definition) is 5. The highest BCUT2D eigenvalue weighted by atomic mass is 16.5. The largest absolute Gasteiger partial charge is 0.480 e. The third-order valence-electron chi connectivity index (χ3n) is 3.12. The predicted molar refractivity (Wildman–Crippen MR) is 67.8 cm³/mol. The van der Waals surface area contributed by atoms with Crippen LogP contribution in [0.15, 0.2) is 18.3 Å². The van der Waals surface area contributed by atoms with Gasteiger partial charge >= 0.3 is 5.97 Å². The van der Waals surface area contributed by atoms with E-state index in [0.29, 0.717) is 5.69 Å². The van der Waals surface area contributed by atoms with Crippen LogP contribution in [0.3, 0.4) is 0 Å². The van der Waals surface area contributed by atoms with Gasteiger partial charge in [-0.15, -0.1) is 0 Å². The summed E-state index contributed by atoms with van der Waals surface area (Å²) in [6, 6.07) is 5.77. The van der Waals surface area contributed by atoms with Crippen molar-refractivity contribution in [2.75, 3.05) is 24.6 Å². The molecule has 1 aliphatic heterocycles. The third-order valence-corrected chi connectivity index (χ3v) is 3.12. The van der Waals surface area contributed by atoms with Gasteiger partial charge in [0.2, 0.25) is 0 Å². The molecular formula is C13H15N3O3. The number of ether oxygens (including phenoxy) is 1. The second kappa shape index (κ2) is 6.16. The molecule has 2 heterocycles. The standard InChI is InChI=1S/C13H15N3O3/c14-8-11-12(2-1-5-15-11)16-6-3-10(4-7-16)19-9-13(17)18/h1-2,5,10H,3-4,6-7,9H2,(H,17,18). The van der Waals surface area contributed by atoms with Crippen molar-refractivity contribution in [3.8, 4) is 6.07 Å². The minimum Gasteiger partial charge on any atom is -0.480 e. The highest BCUT2D eigenvalue weighted by Crippen LogP contribution is 2.23. The van der Waals surface area contributed by atoms with Gasteiger partial charge < -0.3 is 14.7 Å². The monoisotopic (exact) mass is 261 g/mol. The molecule has 0 saturated carbocycles. The summed E-state index contributed by atoms with van der Waals surface area (Å²) in [5, 5.41) is 17.6. The second-order valence-electron chi connectivity index (χ2n) is 4.37. The molecular weight excluding hydrogens is 246 g/mol. The van der Waals surface area contributed by atoms with Crippen molar-refractivity contribution < 1.29 is 14.6 Å². The van der Waals surface area contributed by atoms with Gasteiger partial charge in [-0.25, -0.2) is 9.78 Å². The first kappa shape index (κ1) is 13.3. The third kappa shape index (κ3) is 3.42. The highest BCUT2D eigenvalue weighted by Gasteiger charge is 2.22. The molecule has 1 aromatic rings. The van der Waals surface area contributed by atoms with Gasteiger partial charge in [0, 0.05) is 19.3 Å². The van der Waals surface area contributed by atoms with E-state index in [9.17, 15) is 4.79 Å². The summed E-state index contributed by atoms with van der Waals surface area (Å²) in [5.74, 6) is -0.943. The lowest BCUT2D eigenvalue weighted by atomic mass is 10.1. The molecule has 19 heavy (non-hydrogen) atoms. The average molecular weight is 261 g/mol. The summed E-state index contributed by atoms with van der Waals surface area (Å²) in [6.45, 7) is 1.23. The van der Waals surface area contributed by atoms with Crippen molar-refractivity contribution in [3.05, 3.63) is 24.0 Å². The maximum atomic E-state index is 10.4. The maximum absolute atomic E-state index is 10.4. The number of nitrogens with zero attached hydrogens (tertiary/aromatic N) is 3. The van der Waals surface area contributed by atoms with E-state index in [4.69, 9.17) is 15.1 Å². The number of piperidine rings is 1. The summed E-state index contributed by atoms with van der Waals surface area (Å²) >= 11 is 0. The van der Waals surface area contributed by atoms with Crippen LogP contribution in [0.2, 0.25) is 0 Å². The SMILES string of the molecule is N#Cc1ncccc1N1CCC(OCC(=O)O)CC1. The van der Waals surface area contributed by atoms with Crippen LogP contribution in [0.5, 0.6) is 0 Å². The molecule has 1 aliphatic rings. The van der Waals surface area contributed by atoms with E-state index in [2.05, 4.69) is 16.0 Å². The molecule has 0 aliphatic carbocycles.